The largest absolute Gasteiger partial charge is 0.345 e. The SMILES string of the molecule is CC(C)NCc1ccn(CC(=O)Nc2ccccc2F)c1. The maximum Gasteiger partial charge on any atom is 0.244 e. The molecule has 0 saturated carbocycles. The number of rotatable bonds is 6. The van der Waals surface area contributed by atoms with E-state index in [1.54, 1.807) is 22.8 Å². The maximum atomic E-state index is 13.4. The lowest BCUT2D eigenvalue weighted by molar-refractivity contribution is -0.116. The highest BCUT2D eigenvalue weighted by Crippen LogP contribution is 2.12. The molecule has 1 aromatic carbocycles. The van der Waals surface area contributed by atoms with Crippen LogP contribution in [0, 0.1) is 5.82 Å². The van der Waals surface area contributed by atoms with E-state index in [-0.39, 0.29) is 18.1 Å². The predicted molar refractivity (Wildman–Crippen MR) is 81.4 cm³/mol. The second-order valence-corrected chi connectivity index (χ2v) is 5.26. The van der Waals surface area contributed by atoms with Gasteiger partial charge in [0.1, 0.15) is 12.4 Å². The number of carbonyl (C=O) groups excluding carboxylic acids is 1. The van der Waals surface area contributed by atoms with Gasteiger partial charge in [0.25, 0.3) is 0 Å². The predicted octanol–water partition coefficient (Wildman–Crippen LogP) is 2.76. The van der Waals surface area contributed by atoms with Crippen molar-refractivity contribution in [3.63, 3.8) is 0 Å². The first-order valence-electron chi connectivity index (χ1n) is 6.97. The van der Waals surface area contributed by atoms with Gasteiger partial charge in [-0.15, -0.1) is 0 Å². The Labute approximate surface area is 124 Å². The smallest absolute Gasteiger partial charge is 0.244 e. The van der Waals surface area contributed by atoms with Crippen molar-refractivity contribution in [2.75, 3.05) is 5.32 Å². The van der Waals surface area contributed by atoms with Crippen LogP contribution in [0.2, 0.25) is 0 Å². The molecule has 2 aromatic rings. The molecule has 0 radical (unpaired) electrons. The van der Waals surface area contributed by atoms with Crippen LogP contribution in [0.25, 0.3) is 0 Å². The van der Waals surface area contributed by atoms with Gasteiger partial charge in [0, 0.05) is 25.0 Å². The summed E-state index contributed by atoms with van der Waals surface area (Å²) < 4.78 is 15.2. The van der Waals surface area contributed by atoms with Crippen LogP contribution in [-0.2, 0) is 17.9 Å². The fourth-order valence-electron chi connectivity index (χ4n) is 1.93. The first-order chi connectivity index (χ1) is 10.0. The number of aromatic nitrogens is 1. The van der Waals surface area contributed by atoms with Gasteiger partial charge in [-0.2, -0.15) is 0 Å². The molecular weight excluding hydrogens is 269 g/mol. The molecular formula is C16H20FN3O. The summed E-state index contributed by atoms with van der Waals surface area (Å²) in [5, 5.41) is 5.88. The molecule has 0 saturated heterocycles. The molecule has 4 nitrogen and oxygen atoms in total. The monoisotopic (exact) mass is 289 g/mol. The van der Waals surface area contributed by atoms with Crippen molar-refractivity contribution in [2.24, 2.45) is 0 Å². The average Bonchev–Trinajstić information content (AvgIpc) is 2.86. The summed E-state index contributed by atoms with van der Waals surface area (Å²) in [6, 6.07) is 8.51. The zero-order valence-electron chi connectivity index (χ0n) is 12.3. The Balaban J connectivity index is 1.90. The van der Waals surface area contributed by atoms with Crippen molar-refractivity contribution >= 4 is 11.6 Å². The molecule has 1 amide bonds. The van der Waals surface area contributed by atoms with Gasteiger partial charge in [-0.25, -0.2) is 4.39 Å². The molecule has 5 heteroatoms. The Hall–Kier alpha value is -2.14. The lowest BCUT2D eigenvalue weighted by Gasteiger charge is -2.07. The summed E-state index contributed by atoms with van der Waals surface area (Å²) in [4.78, 5) is 11.9. The van der Waals surface area contributed by atoms with Crippen LogP contribution in [0.5, 0.6) is 0 Å². The van der Waals surface area contributed by atoms with Gasteiger partial charge in [-0.1, -0.05) is 26.0 Å². The number of hydrogen-bond acceptors (Lipinski definition) is 2. The summed E-state index contributed by atoms with van der Waals surface area (Å²) in [7, 11) is 0. The van der Waals surface area contributed by atoms with Crippen LogP contribution >= 0.6 is 0 Å². The molecule has 1 heterocycles. The third-order valence-corrected chi connectivity index (χ3v) is 3.00. The lowest BCUT2D eigenvalue weighted by Crippen LogP contribution is -2.21. The summed E-state index contributed by atoms with van der Waals surface area (Å²) in [5.74, 6) is -0.681. The van der Waals surface area contributed by atoms with E-state index in [4.69, 9.17) is 0 Å². The molecule has 0 fully saturated rings. The van der Waals surface area contributed by atoms with Gasteiger partial charge < -0.3 is 15.2 Å². The van der Waals surface area contributed by atoms with E-state index in [1.165, 1.54) is 6.07 Å². The van der Waals surface area contributed by atoms with Crippen LogP contribution in [0.15, 0.2) is 42.7 Å². The Bertz CT molecular complexity index is 607. The number of nitrogens with one attached hydrogen (secondary N) is 2. The second-order valence-electron chi connectivity index (χ2n) is 5.26. The first kappa shape index (κ1) is 15.3. The number of para-hydroxylation sites is 1. The Morgan fingerprint density at radius 3 is 2.76 bits per heavy atom. The van der Waals surface area contributed by atoms with Gasteiger partial charge in [-0.05, 0) is 23.8 Å². The van der Waals surface area contributed by atoms with Crippen molar-refractivity contribution in [3.05, 3.63) is 54.1 Å². The van der Waals surface area contributed by atoms with Gasteiger partial charge >= 0.3 is 0 Å². The van der Waals surface area contributed by atoms with Crippen LogP contribution in [0.1, 0.15) is 19.4 Å². The van der Waals surface area contributed by atoms with E-state index >= 15 is 0 Å². The minimum atomic E-state index is -0.430. The highest BCUT2D eigenvalue weighted by Gasteiger charge is 2.07. The van der Waals surface area contributed by atoms with Crippen molar-refractivity contribution in [1.82, 2.24) is 9.88 Å². The number of hydrogen-bond donors (Lipinski definition) is 2. The molecule has 112 valence electrons. The third-order valence-electron chi connectivity index (χ3n) is 3.00. The summed E-state index contributed by atoms with van der Waals surface area (Å²) in [6.45, 7) is 5.09. The van der Waals surface area contributed by atoms with Crippen LogP contribution in [0.4, 0.5) is 10.1 Å². The van der Waals surface area contributed by atoms with E-state index in [1.807, 2.05) is 18.5 Å². The Morgan fingerprint density at radius 2 is 2.05 bits per heavy atom. The topological polar surface area (TPSA) is 46.1 Å². The molecule has 0 atom stereocenters. The van der Waals surface area contributed by atoms with E-state index in [0.717, 1.165) is 12.1 Å². The van der Waals surface area contributed by atoms with Crippen LogP contribution in [-0.4, -0.2) is 16.5 Å². The van der Waals surface area contributed by atoms with Crippen LogP contribution in [0.3, 0.4) is 0 Å². The quantitative estimate of drug-likeness (QED) is 0.859. The highest BCUT2D eigenvalue weighted by atomic mass is 19.1. The number of nitrogens with zero attached hydrogens (tertiary/aromatic N) is 1. The fourth-order valence-corrected chi connectivity index (χ4v) is 1.93. The number of carbonyl (C=O) groups is 1. The standard InChI is InChI=1S/C16H20FN3O/c1-12(2)18-9-13-7-8-20(10-13)11-16(21)19-15-6-4-3-5-14(15)17/h3-8,10,12,18H,9,11H2,1-2H3,(H,19,21). The fraction of sp³-hybridized carbons (Fsp3) is 0.312. The molecule has 0 unspecified atom stereocenters. The van der Waals surface area contributed by atoms with Crippen molar-refractivity contribution in [2.45, 2.75) is 33.0 Å². The Morgan fingerprint density at radius 1 is 1.29 bits per heavy atom. The minimum Gasteiger partial charge on any atom is -0.345 e. The molecule has 1 aromatic heterocycles. The zero-order valence-corrected chi connectivity index (χ0v) is 12.3. The van der Waals surface area contributed by atoms with Gasteiger partial charge in [-0.3, -0.25) is 4.79 Å². The van der Waals surface area contributed by atoms with Crippen LogP contribution < -0.4 is 10.6 Å². The molecule has 0 aliphatic carbocycles. The van der Waals surface area contributed by atoms with Crippen molar-refractivity contribution < 1.29 is 9.18 Å². The number of benzene rings is 1. The van der Waals surface area contributed by atoms with E-state index in [0.29, 0.717) is 6.04 Å². The molecule has 2 N–H and O–H groups in total. The number of halogens is 1. The van der Waals surface area contributed by atoms with Gasteiger partial charge in [0.05, 0.1) is 5.69 Å². The van der Waals surface area contributed by atoms with E-state index < -0.39 is 5.82 Å². The minimum absolute atomic E-state index is 0.163. The molecule has 2 rings (SSSR count). The summed E-state index contributed by atoms with van der Waals surface area (Å²) in [5.41, 5.74) is 1.32. The molecule has 21 heavy (non-hydrogen) atoms. The molecule has 0 spiro atoms. The van der Waals surface area contributed by atoms with E-state index in [2.05, 4.69) is 24.5 Å². The van der Waals surface area contributed by atoms with Crippen molar-refractivity contribution in [3.8, 4) is 0 Å². The molecule has 0 bridgehead atoms. The highest BCUT2D eigenvalue weighted by molar-refractivity contribution is 5.90. The number of amides is 1. The Kier molecular flexibility index (Phi) is 5.11. The van der Waals surface area contributed by atoms with Crippen molar-refractivity contribution in [1.29, 1.82) is 0 Å². The third kappa shape index (κ3) is 4.72. The zero-order chi connectivity index (χ0) is 15.2. The van der Waals surface area contributed by atoms with Gasteiger partial charge in [0.2, 0.25) is 5.91 Å². The molecule has 0 aliphatic rings. The maximum absolute atomic E-state index is 13.4. The second kappa shape index (κ2) is 7.04. The summed E-state index contributed by atoms with van der Waals surface area (Å²) >= 11 is 0. The van der Waals surface area contributed by atoms with Gasteiger partial charge in [0.15, 0.2) is 0 Å². The average molecular weight is 289 g/mol. The number of anilines is 1. The summed E-state index contributed by atoms with van der Waals surface area (Å²) in [6.07, 6.45) is 3.76. The lowest BCUT2D eigenvalue weighted by atomic mass is 10.3. The molecule has 0 aliphatic heterocycles. The normalized spacial score (nSPS) is 10.9. The van der Waals surface area contributed by atoms with E-state index in [9.17, 15) is 9.18 Å². The first-order valence-corrected chi connectivity index (χ1v) is 6.97.